The summed E-state index contributed by atoms with van der Waals surface area (Å²) in [5, 5.41) is 2.54. The Labute approximate surface area is 116 Å². The van der Waals surface area contributed by atoms with Crippen molar-refractivity contribution in [2.24, 2.45) is 5.73 Å². The van der Waals surface area contributed by atoms with Crippen molar-refractivity contribution >= 4 is 17.2 Å². The maximum absolute atomic E-state index is 12.2. The molecule has 0 aliphatic carbocycles. The molecule has 100 valence electrons. The van der Waals surface area contributed by atoms with Gasteiger partial charge in [0.2, 0.25) is 0 Å². The molecule has 4 nitrogen and oxygen atoms in total. The van der Waals surface area contributed by atoms with E-state index in [2.05, 4.69) is 4.98 Å². The fourth-order valence-corrected chi connectivity index (χ4v) is 2.39. The molecule has 0 radical (unpaired) electrons. The first kappa shape index (κ1) is 13.7. The van der Waals surface area contributed by atoms with Crippen molar-refractivity contribution in [2.75, 3.05) is 7.05 Å². The highest BCUT2D eigenvalue weighted by molar-refractivity contribution is 7.09. The zero-order valence-electron chi connectivity index (χ0n) is 11.1. The molecule has 0 bridgehead atoms. The second-order valence-electron chi connectivity index (χ2n) is 4.48. The van der Waals surface area contributed by atoms with Gasteiger partial charge in [0.15, 0.2) is 0 Å². The summed E-state index contributed by atoms with van der Waals surface area (Å²) in [4.78, 5) is 18.0. The molecule has 0 aliphatic heterocycles. The number of benzene rings is 1. The van der Waals surface area contributed by atoms with Crippen LogP contribution in [0.2, 0.25) is 0 Å². The third kappa shape index (κ3) is 3.39. The minimum absolute atomic E-state index is 0.0727. The Kier molecular flexibility index (Phi) is 4.29. The average Bonchev–Trinajstić information content (AvgIpc) is 2.89. The van der Waals surface area contributed by atoms with E-state index in [9.17, 15) is 4.79 Å². The lowest BCUT2D eigenvalue weighted by atomic mass is 10.1. The quantitative estimate of drug-likeness (QED) is 0.930. The molecule has 0 atom stereocenters. The van der Waals surface area contributed by atoms with Gasteiger partial charge < -0.3 is 10.6 Å². The van der Waals surface area contributed by atoms with E-state index in [1.165, 1.54) is 16.9 Å². The van der Waals surface area contributed by atoms with Crippen molar-refractivity contribution < 1.29 is 4.79 Å². The summed E-state index contributed by atoms with van der Waals surface area (Å²) < 4.78 is 0. The third-order valence-electron chi connectivity index (χ3n) is 2.83. The minimum Gasteiger partial charge on any atom is -0.336 e. The van der Waals surface area contributed by atoms with Gasteiger partial charge in [0.1, 0.15) is 10.7 Å². The van der Waals surface area contributed by atoms with Gasteiger partial charge in [-0.15, -0.1) is 11.3 Å². The molecule has 1 heterocycles. The van der Waals surface area contributed by atoms with Crippen molar-refractivity contribution in [3.8, 4) is 0 Å². The zero-order valence-corrected chi connectivity index (χ0v) is 11.9. The standard InChI is InChI=1S/C14H17N3OS/c1-10-3-5-11(6-4-10)8-17(2)14(18)12-9-19-13(7-15)16-12/h3-6,9H,7-8,15H2,1-2H3. The minimum atomic E-state index is -0.0727. The van der Waals surface area contributed by atoms with Crippen LogP contribution >= 0.6 is 11.3 Å². The van der Waals surface area contributed by atoms with Gasteiger partial charge in [0.05, 0.1) is 0 Å². The first-order valence-corrected chi connectivity index (χ1v) is 6.93. The van der Waals surface area contributed by atoms with E-state index in [0.717, 1.165) is 10.6 Å². The van der Waals surface area contributed by atoms with Gasteiger partial charge in [-0.05, 0) is 12.5 Å². The summed E-state index contributed by atoms with van der Waals surface area (Å²) in [6.45, 7) is 3.00. The van der Waals surface area contributed by atoms with E-state index in [4.69, 9.17) is 5.73 Å². The van der Waals surface area contributed by atoms with E-state index in [0.29, 0.717) is 18.8 Å². The lowest BCUT2D eigenvalue weighted by Crippen LogP contribution is -2.26. The smallest absolute Gasteiger partial charge is 0.273 e. The van der Waals surface area contributed by atoms with Crippen molar-refractivity contribution in [1.29, 1.82) is 0 Å². The second-order valence-corrected chi connectivity index (χ2v) is 5.42. The van der Waals surface area contributed by atoms with Crippen LogP contribution in [0.1, 0.15) is 26.6 Å². The van der Waals surface area contributed by atoms with Gasteiger partial charge in [-0.25, -0.2) is 4.98 Å². The van der Waals surface area contributed by atoms with E-state index >= 15 is 0 Å². The van der Waals surface area contributed by atoms with E-state index < -0.39 is 0 Å². The van der Waals surface area contributed by atoms with Gasteiger partial charge in [0.25, 0.3) is 5.91 Å². The molecule has 0 saturated heterocycles. The topological polar surface area (TPSA) is 59.2 Å². The number of aryl methyl sites for hydroxylation is 1. The lowest BCUT2D eigenvalue weighted by molar-refractivity contribution is 0.0780. The number of thiazole rings is 1. The fraction of sp³-hybridized carbons (Fsp3) is 0.286. The summed E-state index contributed by atoms with van der Waals surface area (Å²) in [5.74, 6) is -0.0727. The molecule has 0 spiro atoms. The van der Waals surface area contributed by atoms with Crippen LogP contribution in [0.3, 0.4) is 0 Å². The summed E-state index contributed by atoms with van der Waals surface area (Å²) >= 11 is 1.42. The number of carbonyl (C=O) groups excluding carboxylic acids is 1. The van der Waals surface area contributed by atoms with Gasteiger partial charge in [-0.3, -0.25) is 4.79 Å². The van der Waals surface area contributed by atoms with Crippen molar-refractivity contribution in [3.63, 3.8) is 0 Å². The first-order chi connectivity index (χ1) is 9.10. The number of amides is 1. The number of hydrogen-bond acceptors (Lipinski definition) is 4. The van der Waals surface area contributed by atoms with Crippen LogP contribution in [0, 0.1) is 6.92 Å². The SMILES string of the molecule is Cc1ccc(CN(C)C(=O)c2csc(CN)n2)cc1. The molecule has 1 amide bonds. The molecule has 2 aromatic rings. The van der Waals surface area contributed by atoms with Crippen LogP contribution in [0.5, 0.6) is 0 Å². The first-order valence-electron chi connectivity index (χ1n) is 6.05. The number of carbonyl (C=O) groups is 1. The van der Waals surface area contributed by atoms with E-state index in [1.807, 2.05) is 31.2 Å². The van der Waals surface area contributed by atoms with Crippen LogP contribution in [0.4, 0.5) is 0 Å². The number of nitrogens with zero attached hydrogens (tertiary/aromatic N) is 2. The molecular weight excluding hydrogens is 258 g/mol. The normalized spacial score (nSPS) is 10.5. The Morgan fingerprint density at radius 3 is 2.63 bits per heavy atom. The van der Waals surface area contributed by atoms with E-state index in [-0.39, 0.29) is 5.91 Å². The highest BCUT2D eigenvalue weighted by Crippen LogP contribution is 2.13. The molecule has 2 rings (SSSR count). The average molecular weight is 275 g/mol. The predicted octanol–water partition coefficient (Wildman–Crippen LogP) is 2.18. The molecule has 1 aromatic heterocycles. The Morgan fingerprint density at radius 2 is 2.05 bits per heavy atom. The molecule has 0 unspecified atom stereocenters. The molecule has 2 N–H and O–H groups in total. The highest BCUT2D eigenvalue weighted by Gasteiger charge is 2.15. The van der Waals surface area contributed by atoms with Crippen LogP contribution in [-0.4, -0.2) is 22.8 Å². The Balaban J connectivity index is 2.04. The van der Waals surface area contributed by atoms with Gasteiger partial charge in [0, 0.05) is 25.5 Å². The molecule has 19 heavy (non-hydrogen) atoms. The lowest BCUT2D eigenvalue weighted by Gasteiger charge is -2.16. The monoisotopic (exact) mass is 275 g/mol. The molecule has 0 aliphatic rings. The Bertz CT molecular complexity index is 562. The highest BCUT2D eigenvalue weighted by atomic mass is 32.1. The molecule has 0 fully saturated rings. The Hall–Kier alpha value is -1.72. The van der Waals surface area contributed by atoms with Gasteiger partial charge in [-0.1, -0.05) is 29.8 Å². The van der Waals surface area contributed by atoms with Crippen LogP contribution in [0.25, 0.3) is 0 Å². The summed E-state index contributed by atoms with van der Waals surface area (Å²) in [7, 11) is 1.78. The molecule has 1 aromatic carbocycles. The zero-order chi connectivity index (χ0) is 13.8. The number of hydrogen-bond donors (Lipinski definition) is 1. The summed E-state index contributed by atoms with van der Waals surface area (Å²) in [6.07, 6.45) is 0. The predicted molar refractivity (Wildman–Crippen MR) is 77.0 cm³/mol. The maximum Gasteiger partial charge on any atom is 0.273 e. The van der Waals surface area contributed by atoms with Crippen molar-refractivity contribution in [3.05, 3.63) is 51.5 Å². The van der Waals surface area contributed by atoms with Crippen LogP contribution < -0.4 is 5.73 Å². The molecule has 5 heteroatoms. The van der Waals surface area contributed by atoms with Gasteiger partial charge in [-0.2, -0.15) is 0 Å². The van der Waals surface area contributed by atoms with E-state index in [1.54, 1.807) is 17.3 Å². The molecular formula is C14H17N3OS. The van der Waals surface area contributed by atoms with Gasteiger partial charge >= 0.3 is 0 Å². The molecule has 0 saturated carbocycles. The maximum atomic E-state index is 12.2. The number of nitrogens with two attached hydrogens (primary N) is 1. The summed E-state index contributed by atoms with van der Waals surface area (Å²) in [6, 6.07) is 8.16. The third-order valence-corrected chi connectivity index (χ3v) is 3.70. The number of aromatic nitrogens is 1. The van der Waals surface area contributed by atoms with Crippen molar-refractivity contribution in [2.45, 2.75) is 20.0 Å². The number of rotatable bonds is 4. The second kappa shape index (κ2) is 5.95. The fourth-order valence-electron chi connectivity index (χ4n) is 1.74. The largest absolute Gasteiger partial charge is 0.336 e. The summed E-state index contributed by atoms with van der Waals surface area (Å²) in [5.41, 5.74) is 8.29. The van der Waals surface area contributed by atoms with Crippen LogP contribution in [-0.2, 0) is 13.1 Å². The van der Waals surface area contributed by atoms with Crippen molar-refractivity contribution in [1.82, 2.24) is 9.88 Å². The Morgan fingerprint density at radius 1 is 1.37 bits per heavy atom. The van der Waals surface area contributed by atoms with Crippen LogP contribution in [0.15, 0.2) is 29.6 Å².